The van der Waals surface area contributed by atoms with Gasteiger partial charge in [-0.25, -0.2) is 19.6 Å². The number of rotatable bonds is 8. The van der Waals surface area contributed by atoms with E-state index in [0.717, 1.165) is 21.9 Å². The maximum absolute atomic E-state index is 12.7. The largest absolute Gasteiger partial charge is 0.462 e. The van der Waals surface area contributed by atoms with E-state index in [4.69, 9.17) is 9.47 Å². The number of hydrogen-bond donors (Lipinski definition) is 0. The fraction of sp³-hybridized carbons (Fsp3) is 0.238. The zero-order valence-corrected chi connectivity index (χ0v) is 18.5. The van der Waals surface area contributed by atoms with Crippen LogP contribution in [0.25, 0.3) is 0 Å². The lowest BCUT2D eigenvalue weighted by Crippen LogP contribution is -2.12. The Morgan fingerprint density at radius 2 is 1.63 bits per heavy atom. The molecule has 0 aromatic carbocycles. The Kier molecular flexibility index (Phi) is 7.31. The van der Waals surface area contributed by atoms with Crippen LogP contribution in [0.5, 0.6) is 0 Å². The molecule has 0 radical (unpaired) electrons. The molecule has 3 rings (SSSR count). The summed E-state index contributed by atoms with van der Waals surface area (Å²) in [6, 6.07) is 7.60. The fourth-order valence-electron chi connectivity index (χ4n) is 2.59. The zero-order valence-electron chi connectivity index (χ0n) is 16.8. The SMILES string of the molecule is CCOC(=O)c1c(N=Cc2cccs2)sc(N=Cc2cccn2C)c1C(=O)OCC. The minimum absolute atomic E-state index is 0.0732. The minimum atomic E-state index is -0.631. The molecule has 0 atom stereocenters. The highest BCUT2D eigenvalue weighted by molar-refractivity contribution is 7.20. The first kappa shape index (κ1) is 21.7. The summed E-state index contributed by atoms with van der Waals surface area (Å²) in [4.78, 5) is 35.3. The van der Waals surface area contributed by atoms with Gasteiger partial charge in [0.25, 0.3) is 0 Å². The van der Waals surface area contributed by atoms with Crippen LogP contribution in [0.2, 0.25) is 0 Å². The van der Waals surface area contributed by atoms with Gasteiger partial charge in [-0.15, -0.1) is 11.3 Å². The lowest BCUT2D eigenvalue weighted by Gasteiger charge is -2.05. The van der Waals surface area contributed by atoms with Crippen molar-refractivity contribution in [1.82, 2.24) is 4.57 Å². The Bertz CT molecular complexity index is 1080. The maximum atomic E-state index is 12.7. The Hall–Kier alpha value is -3.04. The molecule has 0 bridgehead atoms. The molecular weight excluding hydrogens is 422 g/mol. The Morgan fingerprint density at radius 1 is 1.00 bits per heavy atom. The van der Waals surface area contributed by atoms with Crippen molar-refractivity contribution in [2.75, 3.05) is 13.2 Å². The second-order valence-electron chi connectivity index (χ2n) is 5.98. The summed E-state index contributed by atoms with van der Waals surface area (Å²) in [5.41, 5.74) is 0.996. The number of aliphatic imine (C=N–C) groups is 2. The number of carbonyl (C=O) groups is 2. The van der Waals surface area contributed by atoms with Crippen LogP contribution in [0.1, 0.15) is 45.1 Å². The van der Waals surface area contributed by atoms with Gasteiger partial charge in [-0.2, -0.15) is 0 Å². The van der Waals surface area contributed by atoms with Crippen molar-refractivity contribution < 1.29 is 19.1 Å². The molecule has 3 heterocycles. The molecule has 0 aliphatic carbocycles. The monoisotopic (exact) mass is 443 g/mol. The molecule has 0 fully saturated rings. The standard InChI is InChI=1S/C21H21N3O4S2/c1-4-27-20(25)16-17(21(26)28-5-2)19(23-13-15-9-7-11-29-15)30-18(16)22-12-14-8-6-10-24(14)3/h6-13H,4-5H2,1-3H3. The molecule has 0 aliphatic rings. The summed E-state index contributed by atoms with van der Waals surface area (Å²) in [5.74, 6) is -1.26. The molecule has 0 N–H and O–H groups in total. The van der Waals surface area contributed by atoms with Crippen molar-refractivity contribution in [3.05, 3.63) is 57.5 Å². The van der Waals surface area contributed by atoms with E-state index in [0.29, 0.717) is 10.0 Å². The Balaban J connectivity index is 2.12. The predicted octanol–water partition coefficient (Wildman–Crippen LogP) is 5.00. The van der Waals surface area contributed by atoms with E-state index in [-0.39, 0.29) is 24.3 Å². The van der Waals surface area contributed by atoms with Gasteiger partial charge in [0.15, 0.2) is 0 Å². The fourth-order valence-corrected chi connectivity index (χ4v) is 4.15. The van der Waals surface area contributed by atoms with Gasteiger partial charge in [-0.05, 0) is 37.4 Å². The number of ether oxygens (including phenoxy) is 2. The molecule has 0 unspecified atom stereocenters. The van der Waals surface area contributed by atoms with Crippen molar-refractivity contribution in [3.8, 4) is 0 Å². The highest BCUT2D eigenvalue weighted by atomic mass is 32.1. The van der Waals surface area contributed by atoms with Crippen LogP contribution < -0.4 is 0 Å². The molecule has 0 saturated carbocycles. The number of thiophene rings is 2. The lowest BCUT2D eigenvalue weighted by atomic mass is 10.1. The molecule has 3 aromatic heterocycles. The average molecular weight is 444 g/mol. The zero-order chi connectivity index (χ0) is 21.5. The third-order valence-electron chi connectivity index (χ3n) is 3.98. The molecule has 7 nitrogen and oxygen atoms in total. The highest BCUT2D eigenvalue weighted by Gasteiger charge is 2.30. The van der Waals surface area contributed by atoms with Gasteiger partial charge in [0.05, 0.1) is 25.1 Å². The van der Waals surface area contributed by atoms with Crippen LogP contribution in [0.4, 0.5) is 10.0 Å². The van der Waals surface area contributed by atoms with Gasteiger partial charge in [0.1, 0.15) is 21.1 Å². The summed E-state index contributed by atoms with van der Waals surface area (Å²) in [5, 5.41) is 2.63. The summed E-state index contributed by atoms with van der Waals surface area (Å²) < 4.78 is 12.3. The van der Waals surface area contributed by atoms with E-state index in [1.807, 2.05) is 47.5 Å². The summed E-state index contributed by atoms with van der Waals surface area (Å²) in [6.07, 6.45) is 5.18. The van der Waals surface area contributed by atoms with E-state index in [1.165, 1.54) is 11.3 Å². The summed E-state index contributed by atoms with van der Waals surface area (Å²) in [7, 11) is 1.89. The van der Waals surface area contributed by atoms with E-state index in [1.54, 1.807) is 26.3 Å². The van der Waals surface area contributed by atoms with Crippen molar-refractivity contribution in [2.24, 2.45) is 17.0 Å². The number of aromatic nitrogens is 1. The van der Waals surface area contributed by atoms with Gasteiger partial charge in [-0.3, -0.25) is 0 Å². The predicted molar refractivity (Wildman–Crippen MR) is 120 cm³/mol. The first-order valence-electron chi connectivity index (χ1n) is 9.29. The molecule has 0 amide bonds. The second-order valence-corrected chi connectivity index (χ2v) is 7.94. The van der Waals surface area contributed by atoms with Crippen molar-refractivity contribution >= 4 is 57.0 Å². The first-order valence-corrected chi connectivity index (χ1v) is 11.0. The minimum Gasteiger partial charge on any atom is -0.462 e. The van der Waals surface area contributed by atoms with Crippen molar-refractivity contribution in [2.45, 2.75) is 13.8 Å². The summed E-state index contributed by atoms with van der Waals surface area (Å²) in [6.45, 7) is 3.76. The van der Waals surface area contributed by atoms with Crippen molar-refractivity contribution in [3.63, 3.8) is 0 Å². The maximum Gasteiger partial charge on any atom is 0.342 e. The van der Waals surface area contributed by atoms with Crippen LogP contribution in [0.15, 0.2) is 45.8 Å². The summed E-state index contributed by atoms with van der Waals surface area (Å²) >= 11 is 2.66. The Morgan fingerprint density at radius 3 is 2.13 bits per heavy atom. The molecular formula is C21H21N3O4S2. The molecule has 0 spiro atoms. The number of esters is 2. The van der Waals surface area contributed by atoms with E-state index < -0.39 is 11.9 Å². The first-order chi connectivity index (χ1) is 14.5. The van der Waals surface area contributed by atoms with Crippen LogP contribution >= 0.6 is 22.7 Å². The van der Waals surface area contributed by atoms with Crippen LogP contribution in [-0.2, 0) is 16.5 Å². The van der Waals surface area contributed by atoms with Crippen molar-refractivity contribution in [1.29, 1.82) is 0 Å². The smallest absolute Gasteiger partial charge is 0.342 e. The lowest BCUT2D eigenvalue weighted by molar-refractivity contribution is 0.0481. The van der Waals surface area contributed by atoms with Gasteiger partial charge < -0.3 is 14.0 Å². The van der Waals surface area contributed by atoms with Gasteiger partial charge in [0.2, 0.25) is 0 Å². The second kappa shape index (κ2) is 10.1. The highest BCUT2D eigenvalue weighted by Crippen LogP contribution is 2.42. The van der Waals surface area contributed by atoms with Gasteiger partial charge in [-0.1, -0.05) is 17.4 Å². The van der Waals surface area contributed by atoms with Crippen LogP contribution in [-0.4, -0.2) is 42.1 Å². The quantitative estimate of drug-likeness (QED) is 0.362. The molecule has 0 saturated heterocycles. The molecule has 3 aromatic rings. The number of hydrogen-bond acceptors (Lipinski definition) is 8. The number of nitrogens with zero attached hydrogens (tertiary/aromatic N) is 3. The number of carbonyl (C=O) groups excluding carboxylic acids is 2. The third kappa shape index (κ3) is 4.92. The van der Waals surface area contributed by atoms with Gasteiger partial charge >= 0.3 is 11.9 Å². The molecule has 30 heavy (non-hydrogen) atoms. The van der Waals surface area contributed by atoms with Gasteiger partial charge in [0, 0.05) is 24.3 Å². The number of aryl methyl sites for hydroxylation is 1. The van der Waals surface area contributed by atoms with E-state index in [9.17, 15) is 9.59 Å². The normalized spacial score (nSPS) is 11.4. The van der Waals surface area contributed by atoms with E-state index >= 15 is 0 Å². The third-order valence-corrected chi connectivity index (χ3v) is 5.79. The Labute approximate surface area is 182 Å². The average Bonchev–Trinajstić information content (AvgIpc) is 3.45. The molecule has 0 aliphatic heterocycles. The van der Waals surface area contributed by atoms with Crippen LogP contribution in [0, 0.1) is 0 Å². The molecule has 156 valence electrons. The topological polar surface area (TPSA) is 82.2 Å². The van der Waals surface area contributed by atoms with Crippen LogP contribution in [0.3, 0.4) is 0 Å². The van der Waals surface area contributed by atoms with E-state index in [2.05, 4.69) is 9.98 Å². The molecule has 9 heteroatoms.